The molecule has 27 heavy (non-hydrogen) atoms. The number of aromatic amines is 2. The fraction of sp³-hybridized carbons (Fsp3) is 0.368. The van der Waals surface area contributed by atoms with E-state index < -0.39 is 6.04 Å². The van der Waals surface area contributed by atoms with Crippen LogP contribution in [0.5, 0.6) is 5.88 Å². The standard InChI is InChI=1S/C19H21ClN4O2S/c1-3-9(2)24-18(26)14(17(25)23-19(24)27)16-15-11(6-7-21-16)12-8-10(20)4-5-13(12)22-15/h4-5,8-9,16,21-22,26H,3,6-7H2,1-2H3,(H,23,25,27)/t9-,16+/m1/s1. The second-order valence-electron chi connectivity index (χ2n) is 6.97. The van der Waals surface area contributed by atoms with Gasteiger partial charge in [0, 0.05) is 34.2 Å². The summed E-state index contributed by atoms with van der Waals surface area (Å²) in [5, 5.41) is 16.0. The van der Waals surface area contributed by atoms with Gasteiger partial charge in [0.25, 0.3) is 5.56 Å². The Morgan fingerprint density at radius 3 is 2.93 bits per heavy atom. The summed E-state index contributed by atoms with van der Waals surface area (Å²) in [4.78, 5) is 18.9. The number of nitrogens with zero attached hydrogens (tertiary/aromatic N) is 1. The van der Waals surface area contributed by atoms with E-state index in [1.807, 2.05) is 32.0 Å². The van der Waals surface area contributed by atoms with Gasteiger partial charge < -0.3 is 15.4 Å². The van der Waals surface area contributed by atoms with Crippen LogP contribution in [0.25, 0.3) is 10.9 Å². The zero-order valence-corrected chi connectivity index (χ0v) is 16.7. The third-order valence-electron chi connectivity index (χ3n) is 5.39. The number of hydrogen-bond acceptors (Lipinski definition) is 4. The molecule has 0 aliphatic carbocycles. The summed E-state index contributed by atoms with van der Waals surface area (Å²) in [6.45, 7) is 4.66. The van der Waals surface area contributed by atoms with Crippen molar-refractivity contribution < 1.29 is 5.11 Å². The van der Waals surface area contributed by atoms with Crippen LogP contribution >= 0.6 is 23.8 Å². The van der Waals surface area contributed by atoms with Crippen molar-refractivity contribution >= 4 is 34.7 Å². The highest BCUT2D eigenvalue weighted by atomic mass is 35.5. The number of benzene rings is 1. The molecule has 2 aromatic heterocycles. The monoisotopic (exact) mass is 404 g/mol. The molecule has 0 radical (unpaired) electrons. The molecule has 1 aliphatic rings. The van der Waals surface area contributed by atoms with E-state index in [0.29, 0.717) is 11.6 Å². The van der Waals surface area contributed by atoms with E-state index in [1.54, 1.807) is 4.57 Å². The van der Waals surface area contributed by atoms with Crippen molar-refractivity contribution in [3.63, 3.8) is 0 Å². The lowest BCUT2D eigenvalue weighted by Gasteiger charge is -2.26. The number of aromatic nitrogens is 3. The summed E-state index contributed by atoms with van der Waals surface area (Å²) in [5.41, 5.74) is 2.87. The maximum atomic E-state index is 12.7. The van der Waals surface area contributed by atoms with Crippen LogP contribution in [0.4, 0.5) is 0 Å². The molecule has 0 spiro atoms. The van der Waals surface area contributed by atoms with Crippen molar-refractivity contribution in [2.75, 3.05) is 6.54 Å². The quantitative estimate of drug-likeness (QED) is 0.498. The van der Waals surface area contributed by atoms with E-state index in [-0.39, 0.29) is 27.8 Å². The minimum absolute atomic E-state index is 0.0299. The van der Waals surface area contributed by atoms with Gasteiger partial charge in [-0.15, -0.1) is 0 Å². The summed E-state index contributed by atoms with van der Waals surface area (Å²) in [6, 6.07) is 5.22. The number of hydrogen-bond donors (Lipinski definition) is 4. The molecule has 0 saturated heterocycles. The molecule has 3 aromatic rings. The molecule has 4 N–H and O–H groups in total. The molecule has 3 heterocycles. The molecule has 142 valence electrons. The first-order chi connectivity index (χ1) is 12.9. The van der Waals surface area contributed by atoms with Crippen LogP contribution in [0.2, 0.25) is 5.02 Å². The smallest absolute Gasteiger partial charge is 0.260 e. The van der Waals surface area contributed by atoms with E-state index in [4.69, 9.17) is 23.8 Å². The van der Waals surface area contributed by atoms with Gasteiger partial charge in [0.15, 0.2) is 4.77 Å². The number of rotatable bonds is 3. The number of nitrogens with one attached hydrogen (secondary N) is 3. The van der Waals surface area contributed by atoms with Crippen LogP contribution in [-0.4, -0.2) is 26.2 Å². The van der Waals surface area contributed by atoms with Gasteiger partial charge >= 0.3 is 0 Å². The molecule has 0 bridgehead atoms. The van der Waals surface area contributed by atoms with Gasteiger partial charge in [-0.05, 0) is 55.7 Å². The first-order valence-corrected chi connectivity index (χ1v) is 9.82. The highest BCUT2D eigenvalue weighted by Gasteiger charge is 2.31. The van der Waals surface area contributed by atoms with Crippen molar-refractivity contribution in [2.45, 2.75) is 38.8 Å². The fourth-order valence-electron chi connectivity index (χ4n) is 3.85. The van der Waals surface area contributed by atoms with Gasteiger partial charge in [-0.2, -0.15) is 0 Å². The predicted octanol–water partition coefficient (Wildman–Crippen LogP) is 3.95. The highest BCUT2D eigenvalue weighted by molar-refractivity contribution is 7.71. The summed E-state index contributed by atoms with van der Waals surface area (Å²) < 4.78 is 1.84. The summed E-state index contributed by atoms with van der Waals surface area (Å²) >= 11 is 11.5. The molecule has 0 fully saturated rings. The SMILES string of the molecule is CC[C@@H](C)n1c(O)c([C@@H]2NCCc3c2[nH]c2ccc(Cl)cc32)c(=O)[nH]c1=S. The van der Waals surface area contributed by atoms with Crippen molar-refractivity contribution in [3.05, 3.63) is 55.2 Å². The van der Waals surface area contributed by atoms with E-state index >= 15 is 0 Å². The average molecular weight is 405 g/mol. The number of halogens is 1. The minimum atomic E-state index is -0.449. The molecule has 1 aliphatic heterocycles. The lowest BCUT2D eigenvalue weighted by atomic mass is 9.95. The third-order valence-corrected chi connectivity index (χ3v) is 5.92. The molecule has 0 saturated carbocycles. The summed E-state index contributed by atoms with van der Waals surface area (Å²) in [5.74, 6) is -0.0832. The van der Waals surface area contributed by atoms with Gasteiger partial charge in [-0.1, -0.05) is 18.5 Å². The topological polar surface area (TPSA) is 85.8 Å². The lowest BCUT2D eigenvalue weighted by molar-refractivity contribution is 0.358. The molecule has 8 heteroatoms. The van der Waals surface area contributed by atoms with Crippen molar-refractivity contribution in [2.24, 2.45) is 0 Å². The van der Waals surface area contributed by atoms with Crippen molar-refractivity contribution in [1.29, 1.82) is 0 Å². The molecular formula is C19H21ClN4O2S. The molecular weight excluding hydrogens is 384 g/mol. The third kappa shape index (κ3) is 2.90. The Balaban J connectivity index is 1.96. The Morgan fingerprint density at radius 2 is 2.19 bits per heavy atom. The normalized spacial score (nSPS) is 17.8. The largest absolute Gasteiger partial charge is 0.494 e. The van der Waals surface area contributed by atoms with Crippen LogP contribution in [-0.2, 0) is 6.42 Å². The number of aromatic hydroxyl groups is 1. The maximum Gasteiger partial charge on any atom is 0.260 e. The number of fused-ring (bicyclic) bond motifs is 3. The van der Waals surface area contributed by atoms with Crippen LogP contribution in [0.15, 0.2) is 23.0 Å². The number of H-pyrrole nitrogens is 2. The average Bonchev–Trinajstić information content (AvgIpc) is 3.00. The second-order valence-corrected chi connectivity index (χ2v) is 7.79. The van der Waals surface area contributed by atoms with Crippen LogP contribution in [0.3, 0.4) is 0 Å². The Bertz CT molecular complexity index is 1150. The minimum Gasteiger partial charge on any atom is -0.494 e. The van der Waals surface area contributed by atoms with Gasteiger partial charge in [-0.25, -0.2) is 0 Å². The second kappa shape index (κ2) is 6.82. The summed E-state index contributed by atoms with van der Waals surface area (Å²) in [7, 11) is 0. The van der Waals surface area contributed by atoms with E-state index in [1.165, 1.54) is 0 Å². The first kappa shape index (κ1) is 18.3. The summed E-state index contributed by atoms with van der Waals surface area (Å²) in [6.07, 6.45) is 1.59. The zero-order chi connectivity index (χ0) is 19.3. The molecule has 0 amide bonds. The van der Waals surface area contributed by atoms with E-state index in [0.717, 1.165) is 35.0 Å². The van der Waals surface area contributed by atoms with Gasteiger partial charge in [-0.3, -0.25) is 14.3 Å². The lowest BCUT2D eigenvalue weighted by Crippen LogP contribution is -2.35. The highest BCUT2D eigenvalue weighted by Crippen LogP contribution is 2.36. The Morgan fingerprint density at radius 1 is 1.41 bits per heavy atom. The first-order valence-electron chi connectivity index (χ1n) is 9.03. The van der Waals surface area contributed by atoms with Crippen molar-refractivity contribution in [1.82, 2.24) is 19.9 Å². The van der Waals surface area contributed by atoms with Crippen LogP contribution < -0.4 is 10.9 Å². The molecule has 2 atom stereocenters. The van der Waals surface area contributed by atoms with E-state index in [9.17, 15) is 9.90 Å². The van der Waals surface area contributed by atoms with Crippen LogP contribution in [0.1, 0.15) is 49.2 Å². The van der Waals surface area contributed by atoms with Gasteiger partial charge in [0.2, 0.25) is 5.88 Å². The Labute approximate surface area is 166 Å². The van der Waals surface area contributed by atoms with Gasteiger partial charge in [0.05, 0.1) is 6.04 Å². The molecule has 6 nitrogen and oxygen atoms in total. The maximum absolute atomic E-state index is 12.7. The Hall–Kier alpha value is -2.09. The molecule has 0 unspecified atom stereocenters. The van der Waals surface area contributed by atoms with Crippen LogP contribution in [0, 0.1) is 4.77 Å². The fourth-order valence-corrected chi connectivity index (χ4v) is 4.38. The van der Waals surface area contributed by atoms with Gasteiger partial charge in [0.1, 0.15) is 5.56 Å². The molecule has 1 aromatic carbocycles. The van der Waals surface area contributed by atoms with Crippen molar-refractivity contribution in [3.8, 4) is 5.88 Å². The zero-order valence-electron chi connectivity index (χ0n) is 15.1. The Kier molecular flexibility index (Phi) is 4.61. The predicted molar refractivity (Wildman–Crippen MR) is 109 cm³/mol. The molecule has 4 rings (SSSR count). The van der Waals surface area contributed by atoms with E-state index in [2.05, 4.69) is 15.3 Å².